The molecule has 0 aliphatic heterocycles. The SMILES string of the molecule is COC(=Cc1cccc(OC)c1)c1ccccc1. The summed E-state index contributed by atoms with van der Waals surface area (Å²) in [5.74, 6) is 1.68. The molecule has 0 bridgehead atoms. The zero-order valence-corrected chi connectivity index (χ0v) is 10.6. The van der Waals surface area contributed by atoms with E-state index in [-0.39, 0.29) is 0 Å². The minimum Gasteiger partial charge on any atom is -0.497 e. The van der Waals surface area contributed by atoms with Crippen LogP contribution in [0.2, 0.25) is 0 Å². The number of hydrogen-bond donors (Lipinski definition) is 0. The molecular weight excluding hydrogens is 224 g/mol. The molecule has 92 valence electrons. The molecule has 18 heavy (non-hydrogen) atoms. The molecule has 0 aromatic heterocycles. The van der Waals surface area contributed by atoms with Crippen molar-refractivity contribution in [2.24, 2.45) is 0 Å². The zero-order chi connectivity index (χ0) is 12.8. The van der Waals surface area contributed by atoms with Crippen molar-refractivity contribution in [2.75, 3.05) is 14.2 Å². The van der Waals surface area contributed by atoms with Crippen LogP contribution in [0.4, 0.5) is 0 Å². The third kappa shape index (κ3) is 2.92. The number of rotatable bonds is 4. The van der Waals surface area contributed by atoms with Crippen LogP contribution in [0.15, 0.2) is 54.6 Å². The summed E-state index contributed by atoms with van der Waals surface area (Å²) in [6.07, 6.45) is 2.00. The Hall–Kier alpha value is -2.22. The molecule has 0 aliphatic carbocycles. The molecule has 0 saturated carbocycles. The fraction of sp³-hybridized carbons (Fsp3) is 0.125. The fourth-order valence-corrected chi connectivity index (χ4v) is 1.75. The number of ether oxygens (including phenoxy) is 2. The Kier molecular flexibility index (Phi) is 4.02. The molecule has 0 saturated heterocycles. The minimum absolute atomic E-state index is 0.837. The monoisotopic (exact) mass is 240 g/mol. The van der Waals surface area contributed by atoms with E-state index in [2.05, 4.69) is 0 Å². The van der Waals surface area contributed by atoms with Crippen LogP contribution in [0.25, 0.3) is 11.8 Å². The van der Waals surface area contributed by atoms with Gasteiger partial charge < -0.3 is 9.47 Å². The minimum atomic E-state index is 0.837. The molecule has 2 nitrogen and oxygen atoms in total. The van der Waals surface area contributed by atoms with Crippen molar-refractivity contribution in [1.82, 2.24) is 0 Å². The summed E-state index contributed by atoms with van der Waals surface area (Å²) in [6, 6.07) is 17.9. The van der Waals surface area contributed by atoms with E-state index in [1.807, 2.05) is 60.7 Å². The lowest BCUT2D eigenvalue weighted by Crippen LogP contribution is -1.88. The van der Waals surface area contributed by atoms with Gasteiger partial charge in [-0.3, -0.25) is 0 Å². The smallest absolute Gasteiger partial charge is 0.126 e. The highest BCUT2D eigenvalue weighted by Crippen LogP contribution is 2.21. The summed E-state index contributed by atoms with van der Waals surface area (Å²) in [6.45, 7) is 0. The van der Waals surface area contributed by atoms with Crippen LogP contribution in [0, 0.1) is 0 Å². The molecule has 0 spiro atoms. The zero-order valence-electron chi connectivity index (χ0n) is 10.6. The topological polar surface area (TPSA) is 18.5 Å². The van der Waals surface area contributed by atoms with E-state index >= 15 is 0 Å². The summed E-state index contributed by atoms with van der Waals surface area (Å²) in [7, 11) is 3.34. The largest absolute Gasteiger partial charge is 0.497 e. The first kappa shape index (κ1) is 12.2. The summed E-state index contributed by atoms with van der Waals surface area (Å²) in [5, 5.41) is 0. The van der Waals surface area contributed by atoms with E-state index in [1.54, 1.807) is 14.2 Å². The average molecular weight is 240 g/mol. The van der Waals surface area contributed by atoms with Gasteiger partial charge in [-0.1, -0.05) is 42.5 Å². The average Bonchev–Trinajstić information content (AvgIpc) is 2.46. The van der Waals surface area contributed by atoms with Crippen molar-refractivity contribution >= 4 is 11.8 Å². The van der Waals surface area contributed by atoms with Crippen LogP contribution < -0.4 is 4.74 Å². The maximum Gasteiger partial charge on any atom is 0.126 e. The normalized spacial score (nSPS) is 11.1. The first-order valence-corrected chi connectivity index (χ1v) is 5.78. The molecule has 2 aromatic carbocycles. The fourth-order valence-electron chi connectivity index (χ4n) is 1.75. The Morgan fingerprint density at radius 1 is 0.944 bits per heavy atom. The van der Waals surface area contributed by atoms with Crippen molar-refractivity contribution in [3.05, 3.63) is 65.7 Å². The van der Waals surface area contributed by atoms with Crippen LogP contribution in [0.5, 0.6) is 5.75 Å². The second-order valence-electron chi connectivity index (χ2n) is 3.86. The van der Waals surface area contributed by atoms with E-state index in [1.165, 1.54) is 0 Å². The molecule has 0 N–H and O–H groups in total. The quantitative estimate of drug-likeness (QED) is 0.597. The molecule has 0 heterocycles. The molecule has 0 unspecified atom stereocenters. The molecular formula is C16H16O2. The molecule has 0 aliphatic rings. The van der Waals surface area contributed by atoms with E-state index in [4.69, 9.17) is 9.47 Å². The van der Waals surface area contributed by atoms with Gasteiger partial charge in [0.2, 0.25) is 0 Å². The summed E-state index contributed by atoms with van der Waals surface area (Å²) < 4.78 is 10.6. The first-order valence-electron chi connectivity index (χ1n) is 5.78. The predicted molar refractivity (Wildman–Crippen MR) is 74.3 cm³/mol. The Morgan fingerprint density at radius 3 is 2.39 bits per heavy atom. The molecule has 0 atom stereocenters. The first-order chi connectivity index (χ1) is 8.83. The maximum atomic E-state index is 5.43. The lowest BCUT2D eigenvalue weighted by molar-refractivity contribution is 0.372. The second kappa shape index (κ2) is 5.92. The lowest BCUT2D eigenvalue weighted by atomic mass is 10.1. The highest BCUT2D eigenvalue weighted by atomic mass is 16.5. The predicted octanol–water partition coefficient (Wildman–Crippen LogP) is 3.84. The van der Waals surface area contributed by atoms with Crippen molar-refractivity contribution in [3.8, 4) is 5.75 Å². The van der Waals surface area contributed by atoms with Gasteiger partial charge in [0.25, 0.3) is 0 Å². The third-order valence-electron chi connectivity index (χ3n) is 2.67. The van der Waals surface area contributed by atoms with Gasteiger partial charge in [-0.2, -0.15) is 0 Å². The molecule has 2 rings (SSSR count). The van der Waals surface area contributed by atoms with Crippen molar-refractivity contribution in [2.45, 2.75) is 0 Å². The molecule has 2 aromatic rings. The summed E-state index contributed by atoms with van der Waals surface area (Å²) >= 11 is 0. The van der Waals surface area contributed by atoms with Gasteiger partial charge in [0.05, 0.1) is 14.2 Å². The van der Waals surface area contributed by atoms with E-state index in [9.17, 15) is 0 Å². The van der Waals surface area contributed by atoms with Gasteiger partial charge in [-0.05, 0) is 23.8 Å². The van der Waals surface area contributed by atoms with Crippen molar-refractivity contribution in [3.63, 3.8) is 0 Å². The molecule has 0 amide bonds. The van der Waals surface area contributed by atoms with Gasteiger partial charge in [-0.15, -0.1) is 0 Å². The highest BCUT2D eigenvalue weighted by Gasteiger charge is 2.01. The van der Waals surface area contributed by atoms with Gasteiger partial charge >= 0.3 is 0 Å². The van der Waals surface area contributed by atoms with E-state index in [0.29, 0.717) is 0 Å². The maximum absolute atomic E-state index is 5.43. The third-order valence-corrected chi connectivity index (χ3v) is 2.67. The summed E-state index contributed by atoms with van der Waals surface area (Å²) in [5.41, 5.74) is 2.11. The molecule has 2 heteroatoms. The van der Waals surface area contributed by atoms with Gasteiger partial charge in [0.1, 0.15) is 11.5 Å². The van der Waals surface area contributed by atoms with Gasteiger partial charge in [0, 0.05) is 5.56 Å². The van der Waals surface area contributed by atoms with E-state index < -0.39 is 0 Å². The highest BCUT2D eigenvalue weighted by molar-refractivity contribution is 5.77. The van der Waals surface area contributed by atoms with Crippen LogP contribution in [0.3, 0.4) is 0 Å². The molecule has 0 fully saturated rings. The van der Waals surface area contributed by atoms with Crippen LogP contribution >= 0.6 is 0 Å². The second-order valence-corrected chi connectivity index (χ2v) is 3.86. The Morgan fingerprint density at radius 2 is 1.72 bits per heavy atom. The van der Waals surface area contributed by atoms with Gasteiger partial charge in [0.15, 0.2) is 0 Å². The summed E-state index contributed by atoms with van der Waals surface area (Å²) in [4.78, 5) is 0. The lowest BCUT2D eigenvalue weighted by Gasteiger charge is -2.07. The van der Waals surface area contributed by atoms with Crippen molar-refractivity contribution in [1.29, 1.82) is 0 Å². The van der Waals surface area contributed by atoms with Crippen LogP contribution in [0.1, 0.15) is 11.1 Å². The van der Waals surface area contributed by atoms with Crippen LogP contribution in [-0.2, 0) is 4.74 Å². The molecule has 0 radical (unpaired) electrons. The number of hydrogen-bond acceptors (Lipinski definition) is 2. The Bertz CT molecular complexity index is 530. The van der Waals surface area contributed by atoms with E-state index in [0.717, 1.165) is 22.6 Å². The number of benzene rings is 2. The van der Waals surface area contributed by atoms with Crippen molar-refractivity contribution < 1.29 is 9.47 Å². The Balaban J connectivity index is 2.34. The Labute approximate surface area is 107 Å². The van der Waals surface area contributed by atoms with Crippen LogP contribution in [-0.4, -0.2) is 14.2 Å². The number of methoxy groups -OCH3 is 2. The standard InChI is InChI=1S/C16H16O2/c1-17-15-10-6-7-13(11-15)12-16(18-2)14-8-4-3-5-9-14/h3-12H,1-2H3. The van der Waals surface area contributed by atoms with Gasteiger partial charge in [-0.25, -0.2) is 0 Å².